The Labute approximate surface area is 192 Å². The molecule has 0 aromatic rings. The molecule has 0 bridgehead atoms. The van der Waals surface area contributed by atoms with Crippen molar-refractivity contribution >= 4 is 0 Å². The monoisotopic (exact) mass is 504 g/mol. The second-order valence-electron chi connectivity index (χ2n) is 8.33. The summed E-state index contributed by atoms with van der Waals surface area (Å²) < 4.78 is 26.4. The van der Waals surface area contributed by atoms with Gasteiger partial charge >= 0.3 is 0 Å². The molecule has 16 nitrogen and oxygen atoms in total. The molecule has 0 aromatic carbocycles. The molecule has 34 heavy (non-hydrogen) atoms. The van der Waals surface area contributed by atoms with Gasteiger partial charge in [-0.05, 0) is 0 Å². The molecule has 3 fully saturated rings. The molecule has 0 aromatic heterocycles. The van der Waals surface area contributed by atoms with Gasteiger partial charge in [-0.3, -0.25) is 0 Å². The van der Waals surface area contributed by atoms with Crippen LogP contribution in [0.15, 0.2) is 0 Å². The van der Waals surface area contributed by atoms with Crippen LogP contribution in [0.1, 0.15) is 0 Å². The molecule has 0 saturated carbocycles. The fourth-order valence-corrected chi connectivity index (χ4v) is 4.05. The largest absolute Gasteiger partial charge is 0.394 e. The minimum atomic E-state index is -1.90. The third kappa shape index (κ3) is 5.37. The predicted molar refractivity (Wildman–Crippen MR) is 101 cm³/mol. The van der Waals surface area contributed by atoms with E-state index in [0.29, 0.717) is 0 Å². The topological polar surface area (TPSA) is 269 Å². The minimum Gasteiger partial charge on any atom is -0.394 e. The number of ether oxygens (including phenoxy) is 5. The highest BCUT2D eigenvalue weighted by atomic mass is 16.7. The van der Waals surface area contributed by atoms with E-state index in [1.54, 1.807) is 0 Å². The van der Waals surface area contributed by atoms with Crippen molar-refractivity contribution in [2.75, 3.05) is 19.8 Å². The first-order valence-corrected chi connectivity index (χ1v) is 10.6. The lowest BCUT2D eigenvalue weighted by Crippen LogP contribution is -2.66. The summed E-state index contributed by atoms with van der Waals surface area (Å²) in [4.78, 5) is 0. The highest BCUT2D eigenvalue weighted by Gasteiger charge is 2.53. The van der Waals surface area contributed by atoms with Gasteiger partial charge in [0.15, 0.2) is 18.9 Å². The molecule has 3 heterocycles. The first kappa shape index (κ1) is 27.9. The van der Waals surface area contributed by atoms with E-state index < -0.39 is 112 Å². The van der Waals surface area contributed by atoms with E-state index in [1.807, 2.05) is 0 Å². The molecule has 200 valence electrons. The Bertz CT molecular complexity index is 637. The lowest BCUT2D eigenvalue weighted by Gasteiger charge is -2.47. The first-order valence-electron chi connectivity index (χ1n) is 10.6. The summed E-state index contributed by atoms with van der Waals surface area (Å²) in [5, 5.41) is 109. The highest BCUT2D eigenvalue weighted by Crippen LogP contribution is 2.32. The van der Waals surface area contributed by atoms with Crippen LogP contribution >= 0.6 is 0 Å². The zero-order valence-corrected chi connectivity index (χ0v) is 17.7. The third-order valence-electron chi connectivity index (χ3n) is 6.09. The van der Waals surface area contributed by atoms with Crippen molar-refractivity contribution in [3.63, 3.8) is 0 Å². The standard InChI is InChI=1S/C18H32O16/c19-1-4-7(22)9(24)12(27)17(31-4)34-15-8(23)5(2-20)32-18(13(15)28)33-14-6(3-21)30-16(29)11(26)10(14)25/h4-29H,1-3H2/t4-,5-,6-,7-,8+,9+,10-,11-,12-,13-,14-,15+,16+,17+,18+/m1/s1. The zero-order valence-electron chi connectivity index (χ0n) is 17.7. The summed E-state index contributed by atoms with van der Waals surface area (Å²) in [6.07, 6.45) is -25.4. The van der Waals surface area contributed by atoms with Gasteiger partial charge in [-0.25, -0.2) is 0 Å². The third-order valence-corrected chi connectivity index (χ3v) is 6.09. The molecule has 0 aliphatic carbocycles. The number of hydrogen-bond acceptors (Lipinski definition) is 16. The van der Waals surface area contributed by atoms with Gasteiger partial charge in [-0.1, -0.05) is 0 Å². The molecule has 15 atom stereocenters. The second-order valence-corrected chi connectivity index (χ2v) is 8.33. The van der Waals surface area contributed by atoms with E-state index >= 15 is 0 Å². The smallest absolute Gasteiger partial charge is 0.187 e. The molecule has 3 saturated heterocycles. The Hall–Kier alpha value is -0.640. The van der Waals surface area contributed by atoms with Gasteiger partial charge in [-0.15, -0.1) is 0 Å². The maximum atomic E-state index is 10.8. The Balaban J connectivity index is 1.78. The molecular formula is C18H32O16. The van der Waals surface area contributed by atoms with E-state index in [-0.39, 0.29) is 0 Å². The van der Waals surface area contributed by atoms with Crippen LogP contribution in [0.4, 0.5) is 0 Å². The van der Waals surface area contributed by atoms with Crippen molar-refractivity contribution < 1.29 is 79.9 Å². The highest BCUT2D eigenvalue weighted by molar-refractivity contribution is 4.96. The van der Waals surface area contributed by atoms with Gasteiger partial charge in [0.25, 0.3) is 0 Å². The van der Waals surface area contributed by atoms with Crippen LogP contribution in [0, 0.1) is 0 Å². The molecular weight excluding hydrogens is 472 g/mol. The van der Waals surface area contributed by atoms with Gasteiger partial charge in [-0.2, -0.15) is 0 Å². The fourth-order valence-electron chi connectivity index (χ4n) is 4.05. The maximum Gasteiger partial charge on any atom is 0.187 e. The fraction of sp³-hybridized carbons (Fsp3) is 1.00. The Kier molecular flexibility index (Phi) is 9.54. The lowest BCUT2D eigenvalue weighted by molar-refractivity contribution is -0.378. The van der Waals surface area contributed by atoms with Gasteiger partial charge in [0.2, 0.25) is 0 Å². The number of aliphatic hydroxyl groups is 11. The van der Waals surface area contributed by atoms with Gasteiger partial charge in [0, 0.05) is 0 Å². The average Bonchev–Trinajstić information content (AvgIpc) is 2.83. The number of aliphatic hydroxyl groups excluding tert-OH is 11. The molecule has 0 amide bonds. The maximum absolute atomic E-state index is 10.8. The quantitative estimate of drug-likeness (QED) is 0.154. The van der Waals surface area contributed by atoms with Crippen molar-refractivity contribution in [1.29, 1.82) is 0 Å². The zero-order chi connectivity index (χ0) is 25.3. The van der Waals surface area contributed by atoms with E-state index in [4.69, 9.17) is 23.7 Å². The van der Waals surface area contributed by atoms with Crippen LogP contribution in [0.3, 0.4) is 0 Å². The van der Waals surface area contributed by atoms with E-state index in [1.165, 1.54) is 0 Å². The second kappa shape index (κ2) is 11.6. The number of hydrogen-bond donors (Lipinski definition) is 11. The van der Waals surface area contributed by atoms with Crippen molar-refractivity contribution in [3.05, 3.63) is 0 Å². The molecule has 16 heteroatoms. The Morgan fingerprint density at radius 1 is 0.441 bits per heavy atom. The molecule has 0 radical (unpaired) electrons. The van der Waals surface area contributed by atoms with Gasteiger partial charge in [0.05, 0.1) is 19.8 Å². The molecule has 0 spiro atoms. The van der Waals surface area contributed by atoms with Crippen LogP contribution in [0.25, 0.3) is 0 Å². The molecule has 3 aliphatic rings. The van der Waals surface area contributed by atoms with Crippen molar-refractivity contribution in [1.82, 2.24) is 0 Å². The van der Waals surface area contributed by atoms with E-state index in [9.17, 15) is 56.2 Å². The van der Waals surface area contributed by atoms with Crippen molar-refractivity contribution in [3.8, 4) is 0 Å². The predicted octanol–water partition coefficient (Wildman–Crippen LogP) is -7.57. The van der Waals surface area contributed by atoms with E-state index in [0.717, 1.165) is 0 Å². The Morgan fingerprint density at radius 2 is 0.941 bits per heavy atom. The summed E-state index contributed by atoms with van der Waals surface area (Å²) in [6.45, 7) is -2.34. The SMILES string of the molecule is OC[C@H]1O[C@@H](O[C@H]2[C@H](O)[C@@H](O)[C@@H](O)O[C@@H]2CO)[C@H](O)[C@@H](O[C@@H]2O[C@H](CO)[C@@H](O)[C@H](O)[C@H]2O)[C@H]1O. The van der Waals surface area contributed by atoms with Crippen molar-refractivity contribution in [2.45, 2.75) is 92.1 Å². The lowest BCUT2D eigenvalue weighted by atomic mass is 9.96. The summed E-state index contributed by atoms with van der Waals surface area (Å²) in [5.74, 6) is 0. The van der Waals surface area contributed by atoms with Crippen LogP contribution in [0.5, 0.6) is 0 Å². The van der Waals surface area contributed by atoms with Crippen LogP contribution < -0.4 is 0 Å². The van der Waals surface area contributed by atoms with E-state index in [2.05, 4.69) is 0 Å². The molecule has 0 unspecified atom stereocenters. The Morgan fingerprint density at radius 3 is 1.50 bits per heavy atom. The number of rotatable bonds is 7. The van der Waals surface area contributed by atoms with Crippen LogP contribution in [-0.2, 0) is 23.7 Å². The minimum absolute atomic E-state index is 0.759. The summed E-state index contributed by atoms with van der Waals surface area (Å²) in [7, 11) is 0. The molecule has 3 aliphatic heterocycles. The summed E-state index contributed by atoms with van der Waals surface area (Å²) in [5.41, 5.74) is 0. The van der Waals surface area contributed by atoms with Gasteiger partial charge < -0.3 is 79.9 Å². The first-order chi connectivity index (χ1) is 16.0. The summed E-state index contributed by atoms with van der Waals surface area (Å²) >= 11 is 0. The molecule has 3 rings (SSSR count). The van der Waals surface area contributed by atoms with Crippen molar-refractivity contribution in [2.24, 2.45) is 0 Å². The van der Waals surface area contributed by atoms with Crippen LogP contribution in [-0.4, -0.2) is 168 Å². The van der Waals surface area contributed by atoms with Crippen LogP contribution in [0.2, 0.25) is 0 Å². The summed E-state index contributed by atoms with van der Waals surface area (Å²) in [6, 6.07) is 0. The van der Waals surface area contributed by atoms with Gasteiger partial charge in [0.1, 0.15) is 73.2 Å². The average molecular weight is 504 g/mol. The normalized spacial score (nSPS) is 52.5. The molecule has 11 N–H and O–H groups in total.